The molecule has 112 valence electrons. The number of nitrogens with two attached hydrogens (primary N) is 1. The molecule has 6 heteroatoms. The SMILES string of the molecule is COc1cccc(OCC(C)C)c1-c1cc(Cl)nc(N)n1. The number of nitrogens with zero attached hydrogens (tertiary/aromatic N) is 2. The van der Waals surface area contributed by atoms with E-state index in [1.54, 1.807) is 13.2 Å². The van der Waals surface area contributed by atoms with Crippen LogP contribution in [0.15, 0.2) is 24.3 Å². The number of nitrogen functional groups attached to an aromatic ring is 1. The molecule has 1 heterocycles. The monoisotopic (exact) mass is 307 g/mol. The first kappa shape index (κ1) is 15.4. The molecule has 21 heavy (non-hydrogen) atoms. The Morgan fingerprint density at radius 3 is 2.57 bits per heavy atom. The summed E-state index contributed by atoms with van der Waals surface area (Å²) in [4.78, 5) is 8.09. The van der Waals surface area contributed by atoms with Crippen molar-refractivity contribution in [2.24, 2.45) is 5.92 Å². The summed E-state index contributed by atoms with van der Waals surface area (Å²) in [6, 6.07) is 7.21. The highest BCUT2D eigenvalue weighted by Crippen LogP contribution is 2.38. The Kier molecular flexibility index (Phi) is 4.85. The minimum atomic E-state index is 0.109. The Labute approximate surface area is 129 Å². The zero-order chi connectivity index (χ0) is 15.4. The summed E-state index contributed by atoms with van der Waals surface area (Å²) in [7, 11) is 1.59. The summed E-state index contributed by atoms with van der Waals surface area (Å²) in [6.07, 6.45) is 0. The number of benzene rings is 1. The molecule has 0 atom stereocenters. The molecule has 1 aromatic carbocycles. The van der Waals surface area contributed by atoms with E-state index in [0.717, 1.165) is 5.56 Å². The second-order valence-corrected chi connectivity index (χ2v) is 5.36. The lowest BCUT2D eigenvalue weighted by molar-refractivity contribution is 0.271. The van der Waals surface area contributed by atoms with Crippen molar-refractivity contribution in [1.82, 2.24) is 9.97 Å². The fourth-order valence-corrected chi connectivity index (χ4v) is 2.06. The predicted octanol–water partition coefficient (Wildman–Crippen LogP) is 3.42. The summed E-state index contributed by atoms with van der Waals surface area (Å²) in [5.74, 6) is 1.84. The predicted molar refractivity (Wildman–Crippen MR) is 83.8 cm³/mol. The van der Waals surface area contributed by atoms with Crippen molar-refractivity contribution in [1.29, 1.82) is 0 Å². The lowest BCUT2D eigenvalue weighted by Gasteiger charge is -2.16. The van der Waals surface area contributed by atoms with Gasteiger partial charge in [0.05, 0.1) is 25.0 Å². The number of aromatic nitrogens is 2. The van der Waals surface area contributed by atoms with E-state index in [0.29, 0.717) is 29.7 Å². The van der Waals surface area contributed by atoms with Crippen LogP contribution in [0.25, 0.3) is 11.3 Å². The molecular formula is C15H18ClN3O2. The normalized spacial score (nSPS) is 10.7. The highest BCUT2D eigenvalue weighted by atomic mass is 35.5. The number of anilines is 1. The smallest absolute Gasteiger partial charge is 0.221 e. The molecule has 0 spiro atoms. The quantitative estimate of drug-likeness (QED) is 0.857. The van der Waals surface area contributed by atoms with Gasteiger partial charge in [0, 0.05) is 6.07 Å². The third-order valence-corrected chi connectivity index (χ3v) is 2.94. The van der Waals surface area contributed by atoms with Gasteiger partial charge in [0.25, 0.3) is 0 Å². The second kappa shape index (κ2) is 6.63. The van der Waals surface area contributed by atoms with E-state index >= 15 is 0 Å². The molecule has 0 aliphatic rings. The zero-order valence-electron chi connectivity index (χ0n) is 12.3. The first-order chi connectivity index (χ1) is 10.0. The fraction of sp³-hybridized carbons (Fsp3) is 0.333. The van der Waals surface area contributed by atoms with E-state index in [-0.39, 0.29) is 11.1 Å². The number of hydrogen-bond donors (Lipinski definition) is 1. The Hall–Kier alpha value is -2.01. The van der Waals surface area contributed by atoms with Crippen LogP contribution in [-0.2, 0) is 0 Å². The third-order valence-electron chi connectivity index (χ3n) is 2.75. The van der Waals surface area contributed by atoms with E-state index in [4.69, 9.17) is 26.8 Å². The molecule has 0 saturated heterocycles. The first-order valence-electron chi connectivity index (χ1n) is 6.61. The fourth-order valence-electron chi connectivity index (χ4n) is 1.87. The van der Waals surface area contributed by atoms with Gasteiger partial charge in [-0.15, -0.1) is 0 Å². The van der Waals surface area contributed by atoms with Crippen molar-refractivity contribution < 1.29 is 9.47 Å². The molecule has 0 aliphatic heterocycles. The van der Waals surface area contributed by atoms with Gasteiger partial charge < -0.3 is 15.2 Å². The van der Waals surface area contributed by atoms with Crippen molar-refractivity contribution >= 4 is 17.5 Å². The number of methoxy groups -OCH3 is 1. The number of ether oxygens (including phenoxy) is 2. The van der Waals surface area contributed by atoms with Gasteiger partial charge in [-0.2, -0.15) is 0 Å². The van der Waals surface area contributed by atoms with Gasteiger partial charge >= 0.3 is 0 Å². The molecule has 1 aromatic heterocycles. The summed E-state index contributed by atoms with van der Waals surface area (Å²) in [6.45, 7) is 4.76. The van der Waals surface area contributed by atoms with Crippen LogP contribution >= 0.6 is 11.6 Å². The maximum atomic E-state index is 5.96. The van der Waals surface area contributed by atoms with E-state index in [9.17, 15) is 0 Å². The molecule has 0 saturated carbocycles. The van der Waals surface area contributed by atoms with Gasteiger partial charge in [0.15, 0.2) is 0 Å². The van der Waals surface area contributed by atoms with Gasteiger partial charge in [-0.05, 0) is 18.1 Å². The molecule has 0 fully saturated rings. The standard InChI is InChI=1S/C15H18ClN3O2/c1-9(2)8-21-12-6-4-5-11(20-3)14(12)10-7-13(16)19-15(17)18-10/h4-7,9H,8H2,1-3H3,(H2,17,18,19). The van der Waals surface area contributed by atoms with Crippen LogP contribution in [0.1, 0.15) is 13.8 Å². The number of halogens is 1. The van der Waals surface area contributed by atoms with Gasteiger partial charge in [0.1, 0.15) is 16.7 Å². The summed E-state index contributed by atoms with van der Waals surface area (Å²) < 4.78 is 11.3. The zero-order valence-corrected chi connectivity index (χ0v) is 13.0. The van der Waals surface area contributed by atoms with E-state index in [2.05, 4.69) is 23.8 Å². The third kappa shape index (κ3) is 3.76. The van der Waals surface area contributed by atoms with Crippen molar-refractivity contribution in [2.45, 2.75) is 13.8 Å². The number of hydrogen-bond acceptors (Lipinski definition) is 5. The molecule has 2 N–H and O–H groups in total. The average Bonchev–Trinajstić information content (AvgIpc) is 2.43. The Morgan fingerprint density at radius 1 is 1.24 bits per heavy atom. The molecule has 0 bridgehead atoms. The van der Waals surface area contributed by atoms with E-state index < -0.39 is 0 Å². The van der Waals surface area contributed by atoms with Gasteiger partial charge in [0.2, 0.25) is 5.95 Å². The molecule has 0 amide bonds. The van der Waals surface area contributed by atoms with Crippen LogP contribution in [-0.4, -0.2) is 23.7 Å². The van der Waals surface area contributed by atoms with Crippen molar-refractivity contribution in [3.05, 3.63) is 29.4 Å². The lowest BCUT2D eigenvalue weighted by atomic mass is 10.1. The second-order valence-electron chi connectivity index (χ2n) is 4.97. The summed E-state index contributed by atoms with van der Waals surface area (Å²) in [5.41, 5.74) is 6.96. The maximum absolute atomic E-state index is 5.96. The summed E-state index contributed by atoms with van der Waals surface area (Å²) >= 11 is 5.96. The van der Waals surface area contributed by atoms with Crippen LogP contribution in [0.2, 0.25) is 5.15 Å². The van der Waals surface area contributed by atoms with Crippen LogP contribution in [0.3, 0.4) is 0 Å². The molecule has 0 radical (unpaired) electrons. The lowest BCUT2D eigenvalue weighted by Crippen LogP contribution is -2.06. The van der Waals surface area contributed by atoms with Crippen LogP contribution in [0.4, 0.5) is 5.95 Å². The Morgan fingerprint density at radius 2 is 1.95 bits per heavy atom. The van der Waals surface area contributed by atoms with E-state index in [1.165, 1.54) is 0 Å². The molecule has 2 rings (SSSR count). The minimum Gasteiger partial charge on any atom is -0.496 e. The van der Waals surface area contributed by atoms with Crippen molar-refractivity contribution in [3.8, 4) is 22.8 Å². The molecule has 2 aromatic rings. The Balaban J connectivity index is 2.53. The first-order valence-corrected chi connectivity index (χ1v) is 6.99. The maximum Gasteiger partial charge on any atom is 0.221 e. The minimum absolute atomic E-state index is 0.109. The van der Waals surface area contributed by atoms with Crippen LogP contribution in [0, 0.1) is 5.92 Å². The Bertz CT molecular complexity index is 612. The van der Waals surface area contributed by atoms with Crippen LogP contribution in [0.5, 0.6) is 11.5 Å². The number of rotatable bonds is 5. The summed E-state index contributed by atoms with van der Waals surface area (Å²) in [5, 5.41) is 0.276. The molecule has 5 nitrogen and oxygen atoms in total. The van der Waals surface area contributed by atoms with Gasteiger partial charge in [-0.1, -0.05) is 31.5 Å². The largest absolute Gasteiger partial charge is 0.496 e. The van der Waals surface area contributed by atoms with Crippen molar-refractivity contribution in [2.75, 3.05) is 19.5 Å². The highest BCUT2D eigenvalue weighted by molar-refractivity contribution is 6.29. The molecular weight excluding hydrogens is 290 g/mol. The van der Waals surface area contributed by atoms with Crippen molar-refractivity contribution in [3.63, 3.8) is 0 Å². The molecule has 0 aliphatic carbocycles. The van der Waals surface area contributed by atoms with Gasteiger partial charge in [-0.25, -0.2) is 9.97 Å². The average molecular weight is 308 g/mol. The molecule has 0 unspecified atom stereocenters. The topological polar surface area (TPSA) is 70.3 Å². The van der Waals surface area contributed by atoms with E-state index in [1.807, 2.05) is 18.2 Å². The highest BCUT2D eigenvalue weighted by Gasteiger charge is 2.16. The van der Waals surface area contributed by atoms with Gasteiger partial charge in [-0.3, -0.25) is 0 Å². The van der Waals surface area contributed by atoms with Crippen LogP contribution < -0.4 is 15.2 Å².